The molecule has 1 N–H and O–H groups in total. The fourth-order valence-electron chi connectivity index (χ4n) is 2.79. The SMILES string of the molecule is COCCCNC(=O)c1ccc([C@@H]2SCC(=O)N2Cc2ccco2)cc1. The van der Waals surface area contributed by atoms with E-state index in [2.05, 4.69) is 5.32 Å². The van der Waals surface area contributed by atoms with Crippen LogP contribution in [0.15, 0.2) is 47.1 Å². The topological polar surface area (TPSA) is 71.8 Å². The van der Waals surface area contributed by atoms with Gasteiger partial charge in [0.15, 0.2) is 0 Å². The lowest BCUT2D eigenvalue weighted by atomic mass is 10.1. The summed E-state index contributed by atoms with van der Waals surface area (Å²) >= 11 is 1.59. The molecular weight excluding hydrogens is 352 g/mol. The highest BCUT2D eigenvalue weighted by molar-refractivity contribution is 8.00. The first-order valence-electron chi connectivity index (χ1n) is 8.49. The molecule has 0 radical (unpaired) electrons. The van der Waals surface area contributed by atoms with Crippen molar-refractivity contribution >= 4 is 23.6 Å². The van der Waals surface area contributed by atoms with Gasteiger partial charge in [0.2, 0.25) is 5.91 Å². The van der Waals surface area contributed by atoms with Crippen molar-refractivity contribution in [1.82, 2.24) is 10.2 Å². The van der Waals surface area contributed by atoms with E-state index in [9.17, 15) is 9.59 Å². The van der Waals surface area contributed by atoms with Crippen LogP contribution in [-0.4, -0.2) is 42.7 Å². The van der Waals surface area contributed by atoms with Gasteiger partial charge in [-0.05, 0) is 36.2 Å². The summed E-state index contributed by atoms with van der Waals surface area (Å²) in [7, 11) is 1.64. The first-order valence-corrected chi connectivity index (χ1v) is 9.54. The summed E-state index contributed by atoms with van der Waals surface area (Å²) in [5.41, 5.74) is 1.61. The number of furan rings is 1. The van der Waals surface area contributed by atoms with Crippen molar-refractivity contribution in [1.29, 1.82) is 0 Å². The summed E-state index contributed by atoms with van der Waals surface area (Å²) in [6.45, 7) is 1.65. The van der Waals surface area contributed by atoms with Crippen LogP contribution >= 0.6 is 11.8 Å². The number of benzene rings is 1. The molecule has 1 fully saturated rings. The zero-order valence-electron chi connectivity index (χ0n) is 14.6. The highest BCUT2D eigenvalue weighted by Crippen LogP contribution is 2.39. The van der Waals surface area contributed by atoms with E-state index in [4.69, 9.17) is 9.15 Å². The number of rotatable bonds is 8. The zero-order valence-corrected chi connectivity index (χ0v) is 15.5. The fourth-order valence-corrected chi connectivity index (χ4v) is 3.98. The van der Waals surface area contributed by atoms with Gasteiger partial charge in [-0.3, -0.25) is 9.59 Å². The summed E-state index contributed by atoms with van der Waals surface area (Å²) in [4.78, 5) is 26.2. The van der Waals surface area contributed by atoms with E-state index in [1.807, 2.05) is 29.2 Å². The number of methoxy groups -OCH3 is 1. The third-order valence-corrected chi connectivity index (χ3v) is 5.40. The van der Waals surface area contributed by atoms with Crippen LogP contribution in [0.25, 0.3) is 0 Å². The predicted molar refractivity (Wildman–Crippen MR) is 99.7 cm³/mol. The van der Waals surface area contributed by atoms with Crippen molar-refractivity contribution in [2.75, 3.05) is 26.0 Å². The van der Waals surface area contributed by atoms with E-state index in [0.717, 1.165) is 17.7 Å². The molecule has 0 spiro atoms. The second-order valence-corrected chi connectivity index (χ2v) is 7.06. The second kappa shape index (κ2) is 8.91. The molecule has 0 unspecified atom stereocenters. The van der Waals surface area contributed by atoms with Gasteiger partial charge in [-0.15, -0.1) is 11.8 Å². The first-order chi connectivity index (χ1) is 12.7. The lowest BCUT2D eigenvalue weighted by Gasteiger charge is -2.23. The van der Waals surface area contributed by atoms with Crippen molar-refractivity contribution in [3.8, 4) is 0 Å². The quantitative estimate of drug-likeness (QED) is 0.720. The molecule has 0 saturated carbocycles. The van der Waals surface area contributed by atoms with Gasteiger partial charge in [-0.2, -0.15) is 0 Å². The fraction of sp³-hybridized carbons (Fsp3) is 0.368. The van der Waals surface area contributed by atoms with E-state index in [1.54, 1.807) is 37.3 Å². The van der Waals surface area contributed by atoms with E-state index in [0.29, 0.717) is 31.0 Å². The molecule has 1 aromatic carbocycles. The normalized spacial score (nSPS) is 16.9. The maximum atomic E-state index is 12.2. The lowest BCUT2D eigenvalue weighted by molar-refractivity contribution is -0.128. The average molecular weight is 374 g/mol. The van der Waals surface area contributed by atoms with Crippen LogP contribution in [0.1, 0.15) is 33.5 Å². The van der Waals surface area contributed by atoms with Crippen molar-refractivity contribution in [2.24, 2.45) is 0 Å². The number of thioether (sulfide) groups is 1. The molecule has 6 nitrogen and oxygen atoms in total. The Labute approximate surface area is 156 Å². The molecule has 2 amide bonds. The number of hydrogen-bond donors (Lipinski definition) is 1. The maximum absolute atomic E-state index is 12.2. The zero-order chi connectivity index (χ0) is 18.4. The number of carbonyl (C=O) groups is 2. The Morgan fingerprint density at radius 1 is 1.35 bits per heavy atom. The van der Waals surface area contributed by atoms with E-state index in [-0.39, 0.29) is 17.2 Å². The van der Waals surface area contributed by atoms with Crippen LogP contribution in [0.2, 0.25) is 0 Å². The molecule has 2 heterocycles. The molecule has 138 valence electrons. The predicted octanol–water partition coefficient (Wildman–Crippen LogP) is 2.82. The number of carbonyl (C=O) groups excluding carboxylic acids is 2. The molecule has 0 bridgehead atoms. The van der Waals surface area contributed by atoms with Gasteiger partial charge in [-0.25, -0.2) is 0 Å². The number of ether oxygens (including phenoxy) is 1. The molecular formula is C19H22N2O4S. The highest BCUT2D eigenvalue weighted by atomic mass is 32.2. The largest absolute Gasteiger partial charge is 0.467 e. The van der Waals surface area contributed by atoms with Crippen LogP contribution in [0.3, 0.4) is 0 Å². The summed E-state index contributed by atoms with van der Waals surface area (Å²) in [6, 6.07) is 11.1. The minimum atomic E-state index is -0.102. The van der Waals surface area contributed by atoms with Crippen LogP contribution in [-0.2, 0) is 16.1 Å². The summed E-state index contributed by atoms with van der Waals surface area (Å²) < 4.78 is 10.3. The van der Waals surface area contributed by atoms with E-state index < -0.39 is 0 Å². The van der Waals surface area contributed by atoms with Crippen LogP contribution in [0.5, 0.6) is 0 Å². The molecule has 7 heteroatoms. The molecule has 26 heavy (non-hydrogen) atoms. The number of amides is 2. The van der Waals surface area contributed by atoms with Crippen LogP contribution in [0, 0.1) is 0 Å². The Bertz CT molecular complexity index is 731. The maximum Gasteiger partial charge on any atom is 0.251 e. The Hall–Kier alpha value is -2.25. The Kier molecular flexibility index (Phi) is 6.35. The van der Waals surface area contributed by atoms with Gasteiger partial charge in [0, 0.05) is 25.8 Å². The summed E-state index contributed by atoms with van der Waals surface area (Å²) in [5.74, 6) is 1.21. The summed E-state index contributed by atoms with van der Waals surface area (Å²) in [6.07, 6.45) is 2.39. The molecule has 1 atom stereocenters. The molecule has 1 aromatic heterocycles. The Morgan fingerprint density at radius 3 is 2.85 bits per heavy atom. The average Bonchev–Trinajstić information content (AvgIpc) is 3.30. The van der Waals surface area contributed by atoms with Crippen molar-refractivity contribution in [3.05, 3.63) is 59.5 Å². The standard InChI is InChI=1S/C19H22N2O4S/c1-24-10-3-9-20-18(23)14-5-7-15(8-6-14)19-21(17(22)13-26-19)12-16-4-2-11-25-16/h2,4-8,11,19H,3,9-10,12-13H2,1H3,(H,20,23)/t19-/m0/s1. The summed E-state index contributed by atoms with van der Waals surface area (Å²) in [5, 5.41) is 2.80. The number of nitrogens with one attached hydrogen (secondary N) is 1. The molecule has 3 rings (SSSR count). The highest BCUT2D eigenvalue weighted by Gasteiger charge is 2.33. The molecule has 2 aromatic rings. The minimum absolute atomic E-state index is 0.0635. The third kappa shape index (κ3) is 4.47. The van der Waals surface area contributed by atoms with E-state index in [1.165, 1.54) is 0 Å². The van der Waals surface area contributed by atoms with Gasteiger partial charge < -0.3 is 19.4 Å². The van der Waals surface area contributed by atoms with Crippen molar-refractivity contribution in [3.63, 3.8) is 0 Å². The molecule has 0 aliphatic carbocycles. The minimum Gasteiger partial charge on any atom is -0.467 e. The third-order valence-electron chi connectivity index (χ3n) is 4.14. The molecule has 1 aliphatic heterocycles. The molecule has 1 aliphatic rings. The van der Waals surface area contributed by atoms with Gasteiger partial charge in [0.1, 0.15) is 11.1 Å². The smallest absolute Gasteiger partial charge is 0.251 e. The van der Waals surface area contributed by atoms with Crippen LogP contribution < -0.4 is 5.32 Å². The van der Waals surface area contributed by atoms with E-state index >= 15 is 0 Å². The van der Waals surface area contributed by atoms with Crippen LogP contribution in [0.4, 0.5) is 0 Å². The first kappa shape index (κ1) is 18.5. The van der Waals surface area contributed by atoms with Gasteiger partial charge >= 0.3 is 0 Å². The number of nitrogens with zero attached hydrogens (tertiary/aromatic N) is 1. The van der Waals surface area contributed by atoms with Crippen molar-refractivity contribution in [2.45, 2.75) is 18.3 Å². The lowest BCUT2D eigenvalue weighted by Crippen LogP contribution is -2.27. The monoisotopic (exact) mass is 374 g/mol. The Balaban J connectivity index is 1.63. The second-order valence-electron chi connectivity index (χ2n) is 5.99. The number of hydrogen-bond acceptors (Lipinski definition) is 5. The Morgan fingerprint density at radius 2 is 2.15 bits per heavy atom. The van der Waals surface area contributed by atoms with Gasteiger partial charge in [0.05, 0.1) is 18.6 Å². The molecule has 1 saturated heterocycles. The van der Waals surface area contributed by atoms with Crippen molar-refractivity contribution < 1.29 is 18.7 Å². The van der Waals surface area contributed by atoms with Gasteiger partial charge in [0.25, 0.3) is 5.91 Å². The van der Waals surface area contributed by atoms with Gasteiger partial charge in [-0.1, -0.05) is 12.1 Å².